The Morgan fingerprint density at radius 1 is 1.62 bits per heavy atom. The fraction of sp³-hybridized carbons (Fsp3) is 0.333. The maximum atomic E-state index is 11.2. The van der Waals surface area contributed by atoms with Crippen molar-refractivity contribution in [3.05, 3.63) is 16.0 Å². The summed E-state index contributed by atoms with van der Waals surface area (Å²) in [4.78, 5) is 11.7. The van der Waals surface area contributed by atoms with Gasteiger partial charge in [0.05, 0.1) is 12.7 Å². The van der Waals surface area contributed by atoms with Crippen LogP contribution in [0.4, 0.5) is 0 Å². The van der Waals surface area contributed by atoms with Crippen LogP contribution in [0, 0.1) is 18.3 Å². The molecule has 0 saturated heterocycles. The Labute approximate surface area is 80.6 Å². The molecule has 1 rings (SSSR count). The Morgan fingerprint density at radius 3 is 2.54 bits per heavy atom. The molecule has 68 valence electrons. The fourth-order valence-corrected chi connectivity index (χ4v) is 2.11. The molecule has 0 aliphatic rings. The van der Waals surface area contributed by atoms with E-state index in [0.29, 0.717) is 15.5 Å². The molecule has 1 heterocycles. The normalized spacial score (nSPS) is 9.38. The molecule has 0 bridgehead atoms. The van der Waals surface area contributed by atoms with Crippen molar-refractivity contribution in [1.29, 1.82) is 5.26 Å². The highest BCUT2D eigenvalue weighted by atomic mass is 32.1. The van der Waals surface area contributed by atoms with Gasteiger partial charge >= 0.3 is 0 Å². The Balaban J connectivity index is 3.39. The number of thiophene rings is 1. The van der Waals surface area contributed by atoms with E-state index >= 15 is 0 Å². The first-order valence-corrected chi connectivity index (χ1v) is 4.51. The Kier molecular flexibility index (Phi) is 2.69. The van der Waals surface area contributed by atoms with E-state index in [1.807, 2.05) is 6.07 Å². The summed E-state index contributed by atoms with van der Waals surface area (Å²) in [6.07, 6.45) is 0. The molecule has 13 heavy (non-hydrogen) atoms. The molecule has 0 saturated carbocycles. The van der Waals surface area contributed by atoms with Crippen molar-refractivity contribution in [3.63, 3.8) is 0 Å². The summed E-state index contributed by atoms with van der Waals surface area (Å²) in [7, 11) is 1.50. The molecule has 0 atom stereocenters. The van der Waals surface area contributed by atoms with Crippen molar-refractivity contribution in [1.82, 2.24) is 0 Å². The third kappa shape index (κ3) is 1.56. The number of nitriles is 1. The molecule has 1 aromatic heterocycles. The lowest BCUT2D eigenvalue weighted by Crippen LogP contribution is -1.95. The van der Waals surface area contributed by atoms with E-state index in [9.17, 15) is 4.79 Å². The molecule has 1 aromatic rings. The lowest BCUT2D eigenvalue weighted by atomic mass is 10.1. The van der Waals surface area contributed by atoms with Gasteiger partial charge in [-0.2, -0.15) is 5.26 Å². The number of Topliss-reactive ketones (excluding diaryl/α,β-unsaturated/α-hetero) is 1. The number of ketones is 1. The quantitative estimate of drug-likeness (QED) is 0.679. The molecular weight excluding hydrogens is 186 g/mol. The van der Waals surface area contributed by atoms with E-state index in [0.717, 1.165) is 5.56 Å². The minimum Gasteiger partial charge on any atom is -0.487 e. The fourth-order valence-electron chi connectivity index (χ4n) is 1.15. The van der Waals surface area contributed by atoms with Gasteiger partial charge in [-0.1, -0.05) is 11.3 Å². The summed E-state index contributed by atoms with van der Waals surface area (Å²) in [6.45, 7) is 3.23. The second kappa shape index (κ2) is 3.58. The average molecular weight is 195 g/mol. The third-order valence-corrected chi connectivity index (χ3v) is 2.91. The van der Waals surface area contributed by atoms with Crippen LogP contribution in [0.15, 0.2) is 0 Å². The number of hydrogen-bond donors (Lipinski definition) is 0. The van der Waals surface area contributed by atoms with Crippen LogP contribution in [0.3, 0.4) is 0 Å². The van der Waals surface area contributed by atoms with Gasteiger partial charge in [0.25, 0.3) is 0 Å². The van der Waals surface area contributed by atoms with Crippen molar-refractivity contribution in [2.75, 3.05) is 7.11 Å². The van der Waals surface area contributed by atoms with E-state index < -0.39 is 0 Å². The summed E-state index contributed by atoms with van der Waals surface area (Å²) in [5.74, 6) is -0.0629. The van der Waals surface area contributed by atoms with Gasteiger partial charge in [0.15, 0.2) is 10.8 Å². The van der Waals surface area contributed by atoms with Crippen molar-refractivity contribution in [3.8, 4) is 11.1 Å². The van der Waals surface area contributed by atoms with Crippen LogP contribution in [0.25, 0.3) is 0 Å². The number of carbonyl (C=O) groups is 1. The number of hydrogen-bond acceptors (Lipinski definition) is 4. The Hall–Kier alpha value is -1.34. The zero-order valence-corrected chi connectivity index (χ0v) is 8.49. The minimum atomic E-state index is -0.0629. The molecule has 0 aromatic carbocycles. The van der Waals surface area contributed by atoms with Crippen LogP contribution >= 0.6 is 11.3 Å². The second-order valence-corrected chi connectivity index (χ2v) is 3.57. The van der Waals surface area contributed by atoms with E-state index in [1.165, 1.54) is 25.4 Å². The van der Waals surface area contributed by atoms with Gasteiger partial charge in [-0.05, 0) is 19.4 Å². The van der Waals surface area contributed by atoms with Gasteiger partial charge in [0.2, 0.25) is 0 Å². The molecule has 0 aliphatic heterocycles. The van der Waals surface area contributed by atoms with Crippen LogP contribution in [0.2, 0.25) is 0 Å². The standard InChI is InChI=1S/C9H9NO2S/c1-5-7(4-10)13-9(12-3)8(5)6(2)11/h1-3H3. The molecular formula is C9H9NO2S. The first-order chi connectivity index (χ1) is 6.11. The number of rotatable bonds is 2. The highest BCUT2D eigenvalue weighted by Gasteiger charge is 2.18. The Morgan fingerprint density at radius 2 is 2.23 bits per heavy atom. The zero-order chi connectivity index (χ0) is 10.0. The molecule has 0 spiro atoms. The lowest BCUT2D eigenvalue weighted by molar-refractivity contribution is 0.101. The number of nitrogens with zero attached hydrogens (tertiary/aromatic N) is 1. The van der Waals surface area contributed by atoms with Crippen LogP contribution in [-0.4, -0.2) is 12.9 Å². The van der Waals surface area contributed by atoms with Crippen molar-refractivity contribution < 1.29 is 9.53 Å². The first-order valence-electron chi connectivity index (χ1n) is 3.70. The van der Waals surface area contributed by atoms with Crippen LogP contribution in [0.1, 0.15) is 27.7 Å². The maximum Gasteiger partial charge on any atom is 0.185 e. The predicted octanol–water partition coefficient (Wildman–Crippen LogP) is 2.14. The predicted molar refractivity (Wildman–Crippen MR) is 50.3 cm³/mol. The molecule has 0 unspecified atom stereocenters. The van der Waals surface area contributed by atoms with E-state index in [4.69, 9.17) is 10.00 Å². The molecule has 0 fully saturated rings. The highest BCUT2D eigenvalue weighted by Crippen LogP contribution is 2.34. The van der Waals surface area contributed by atoms with Crippen LogP contribution < -0.4 is 4.74 Å². The summed E-state index contributed by atoms with van der Waals surface area (Å²) >= 11 is 1.21. The summed E-state index contributed by atoms with van der Waals surface area (Å²) in [5.41, 5.74) is 1.25. The summed E-state index contributed by atoms with van der Waals surface area (Å²) in [5, 5.41) is 9.26. The van der Waals surface area contributed by atoms with Crippen molar-refractivity contribution in [2.24, 2.45) is 0 Å². The van der Waals surface area contributed by atoms with E-state index in [2.05, 4.69) is 0 Å². The van der Waals surface area contributed by atoms with Gasteiger partial charge in [-0.15, -0.1) is 0 Å². The molecule has 0 amide bonds. The summed E-state index contributed by atoms with van der Waals surface area (Å²) < 4.78 is 5.02. The second-order valence-electron chi connectivity index (χ2n) is 2.59. The molecule has 3 nitrogen and oxygen atoms in total. The van der Waals surface area contributed by atoms with Gasteiger partial charge in [0, 0.05) is 0 Å². The molecule has 0 radical (unpaired) electrons. The smallest absolute Gasteiger partial charge is 0.185 e. The first kappa shape index (κ1) is 9.75. The number of ether oxygens (including phenoxy) is 1. The largest absolute Gasteiger partial charge is 0.487 e. The average Bonchev–Trinajstić information content (AvgIpc) is 2.41. The third-order valence-electron chi connectivity index (χ3n) is 1.75. The number of carbonyl (C=O) groups excluding carboxylic acids is 1. The zero-order valence-electron chi connectivity index (χ0n) is 7.67. The van der Waals surface area contributed by atoms with Crippen LogP contribution in [0.5, 0.6) is 5.06 Å². The lowest BCUT2D eigenvalue weighted by Gasteiger charge is -1.97. The minimum absolute atomic E-state index is 0.0629. The van der Waals surface area contributed by atoms with Gasteiger partial charge < -0.3 is 4.74 Å². The molecule has 0 aliphatic carbocycles. The topological polar surface area (TPSA) is 50.1 Å². The summed E-state index contributed by atoms with van der Waals surface area (Å²) in [6, 6.07) is 2.03. The number of methoxy groups -OCH3 is 1. The van der Waals surface area contributed by atoms with Crippen molar-refractivity contribution >= 4 is 17.1 Å². The molecule has 4 heteroatoms. The van der Waals surface area contributed by atoms with E-state index in [1.54, 1.807) is 6.92 Å². The molecule has 0 N–H and O–H groups in total. The van der Waals surface area contributed by atoms with Gasteiger partial charge in [-0.3, -0.25) is 4.79 Å². The van der Waals surface area contributed by atoms with Gasteiger partial charge in [0.1, 0.15) is 10.9 Å². The van der Waals surface area contributed by atoms with Gasteiger partial charge in [-0.25, -0.2) is 0 Å². The maximum absolute atomic E-state index is 11.2. The Bertz CT molecular complexity index is 387. The SMILES string of the molecule is COc1sc(C#N)c(C)c1C(C)=O. The van der Waals surface area contributed by atoms with Crippen LogP contribution in [-0.2, 0) is 0 Å². The van der Waals surface area contributed by atoms with E-state index in [-0.39, 0.29) is 5.78 Å². The highest BCUT2D eigenvalue weighted by molar-refractivity contribution is 7.15. The van der Waals surface area contributed by atoms with Crippen molar-refractivity contribution in [2.45, 2.75) is 13.8 Å². The monoisotopic (exact) mass is 195 g/mol.